The zero-order valence-electron chi connectivity index (χ0n) is 13.8. The minimum absolute atomic E-state index is 0. The number of para-hydroxylation sites is 1. The maximum absolute atomic E-state index is 5.93. The van der Waals surface area contributed by atoms with Crippen LogP contribution in [0.3, 0.4) is 0 Å². The third kappa shape index (κ3) is 6.86. The largest absolute Gasteiger partial charge is 0.496 e. The summed E-state index contributed by atoms with van der Waals surface area (Å²) in [7, 11) is 3.48. The first kappa shape index (κ1) is 21.1. The topological polar surface area (TPSA) is 45.7 Å². The summed E-state index contributed by atoms with van der Waals surface area (Å²) in [5, 5.41) is 6.63. The Morgan fingerprint density at radius 1 is 1.12 bits per heavy atom. The van der Waals surface area contributed by atoms with Crippen LogP contribution >= 0.6 is 46.9 Å². The number of aliphatic imine (C=N–C) groups is 1. The summed E-state index contributed by atoms with van der Waals surface area (Å²) in [5.74, 6) is 1.73. The fourth-order valence-electron chi connectivity index (χ4n) is 2.24. The van der Waals surface area contributed by atoms with E-state index >= 15 is 0 Å². The van der Waals surface area contributed by atoms with Crippen LogP contribution in [0.4, 0.5) is 0 Å². The van der Waals surface area contributed by atoms with Gasteiger partial charge in [-0.25, -0.2) is 0 Å². The molecule has 7 heteroatoms. The van der Waals surface area contributed by atoms with Crippen molar-refractivity contribution in [3.63, 3.8) is 0 Å². The molecule has 2 rings (SSSR count). The van der Waals surface area contributed by atoms with Crippen LogP contribution in [0.15, 0.2) is 41.4 Å². The first-order valence-electron chi connectivity index (χ1n) is 7.53. The Morgan fingerprint density at radius 3 is 2.46 bits per heavy atom. The second-order valence-corrected chi connectivity index (χ2v) is 6.74. The van der Waals surface area contributed by atoms with E-state index in [0.29, 0.717) is 0 Å². The zero-order chi connectivity index (χ0) is 16.5. The third-order valence-electron chi connectivity index (χ3n) is 3.40. The molecule has 24 heavy (non-hydrogen) atoms. The summed E-state index contributed by atoms with van der Waals surface area (Å²) in [5.41, 5.74) is 1.19. The summed E-state index contributed by atoms with van der Waals surface area (Å²) in [6.45, 7) is 1.62. The fourth-order valence-corrected chi connectivity index (χ4v) is 3.32. The highest BCUT2D eigenvalue weighted by molar-refractivity contribution is 14.0. The van der Waals surface area contributed by atoms with Gasteiger partial charge in [0.15, 0.2) is 5.96 Å². The van der Waals surface area contributed by atoms with Gasteiger partial charge in [-0.15, -0.1) is 35.3 Å². The number of guanidine groups is 1. The lowest BCUT2D eigenvalue weighted by Crippen LogP contribution is -2.39. The van der Waals surface area contributed by atoms with E-state index in [1.54, 1.807) is 25.5 Å². The monoisotopic (exact) mass is 479 g/mol. The molecule has 1 aromatic carbocycles. The maximum atomic E-state index is 5.93. The molecule has 0 radical (unpaired) electrons. The number of hydrogen-bond acceptors (Lipinski definition) is 3. The average Bonchev–Trinajstić information content (AvgIpc) is 2.99. The molecule has 0 aliphatic carbocycles. The molecule has 0 amide bonds. The van der Waals surface area contributed by atoms with E-state index in [0.717, 1.165) is 42.0 Å². The molecule has 0 spiro atoms. The van der Waals surface area contributed by atoms with E-state index in [1.165, 1.54) is 10.4 Å². The lowest BCUT2D eigenvalue weighted by atomic mass is 10.1. The predicted molar refractivity (Wildman–Crippen MR) is 115 cm³/mol. The van der Waals surface area contributed by atoms with Crippen molar-refractivity contribution in [1.82, 2.24) is 10.6 Å². The normalized spacial score (nSPS) is 10.9. The second kappa shape index (κ2) is 11.5. The predicted octanol–water partition coefficient (Wildman–Crippen LogP) is 3.98. The third-order valence-corrected chi connectivity index (χ3v) is 4.69. The number of halogens is 2. The highest BCUT2D eigenvalue weighted by Gasteiger charge is 2.03. The van der Waals surface area contributed by atoms with E-state index in [1.807, 2.05) is 24.3 Å². The van der Waals surface area contributed by atoms with Crippen LogP contribution in [0.5, 0.6) is 5.75 Å². The quantitative estimate of drug-likeness (QED) is 0.359. The van der Waals surface area contributed by atoms with E-state index < -0.39 is 0 Å². The Morgan fingerprint density at radius 2 is 1.83 bits per heavy atom. The highest BCUT2D eigenvalue weighted by atomic mass is 127. The summed E-state index contributed by atoms with van der Waals surface area (Å²) in [4.78, 5) is 5.51. The van der Waals surface area contributed by atoms with Crippen LogP contribution in [0, 0.1) is 0 Å². The molecule has 0 saturated carbocycles. The SMILES string of the molecule is CN=C(NCCc1ccc(Cl)s1)NCCc1ccccc1OC.I. The molecule has 0 atom stereocenters. The van der Waals surface area contributed by atoms with Gasteiger partial charge in [0.2, 0.25) is 0 Å². The van der Waals surface area contributed by atoms with Gasteiger partial charge in [0, 0.05) is 25.0 Å². The first-order chi connectivity index (χ1) is 11.2. The first-order valence-corrected chi connectivity index (χ1v) is 8.73. The molecule has 0 bridgehead atoms. The van der Waals surface area contributed by atoms with Crippen molar-refractivity contribution >= 4 is 52.9 Å². The second-order valence-electron chi connectivity index (χ2n) is 4.94. The summed E-state index contributed by atoms with van der Waals surface area (Å²) in [6.07, 6.45) is 1.82. The van der Waals surface area contributed by atoms with Crippen molar-refractivity contribution in [1.29, 1.82) is 0 Å². The maximum Gasteiger partial charge on any atom is 0.190 e. The fraction of sp³-hybridized carbons (Fsp3) is 0.353. The molecule has 0 aliphatic heterocycles. The number of nitrogens with zero attached hydrogens (tertiary/aromatic N) is 1. The summed E-state index contributed by atoms with van der Waals surface area (Å²) >= 11 is 7.55. The summed E-state index contributed by atoms with van der Waals surface area (Å²) in [6, 6.07) is 12.1. The molecule has 0 unspecified atom stereocenters. The van der Waals surface area contributed by atoms with Crippen LogP contribution in [0.25, 0.3) is 0 Å². The lowest BCUT2D eigenvalue weighted by molar-refractivity contribution is 0.409. The van der Waals surface area contributed by atoms with Gasteiger partial charge in [-0.05, 0) is 36.6 Å². The van der Waals surface area contributed by atoms with Gasteiger partial charge in [0.1, 0.15) is 5.75 Å². The number of benzene rings is 1. The van der Waals surface area contributed by atoms with Gasteiger partial charge < -0.3 is 15.4 Å². The minimum atomic E-state index is 0. The smallest absolute Gasteiger partial charge is 0.190 e. The Labute approximate surface area is 169 Å². The number of nitrogens with one attached hydrogen (secondary N) is 2. The van der Waals surface area contributed by atoms with Crippen molar-refractivity contribution in [2.75, 3.05) is 27.2 Å². The molecule has 1 aromatic heterocycles. The molecule has 4 nitrogen and oxygen atoms in total. The Hall–Kier alpha value is -0.990. The van der Waals surface area contributed by atoms with E-state index in [4.69, 9.17) is 16.3 Å². The van der Waals surface area contributed by atoms with Gasteiger partial charge in [-0.1, -0.05) is 29.8 Å². The molecular weight excluding hydrogens is 457 g/mol. The van der Waals surface area contributed by atoms with Crippen LogP contribution in [0.1, 0.15) is 10.4 Å². The minimum Gasteiger partial charge on any atom is -0.496 e. The Balaban J connectivity index is 0.00000288. The van der Waals surface area contributed by atoms with Crippen molar-refractivity contribution in [3.05, 3.63) is 51.2 Å². The van der Waals surface area contributed by atoms with Crippen LogP contribution < -0.4 is 15.4 Å². The number of ether oxygens (including phenoxy) is 1. The number of thiophene rings is 1. The van der Waals surface area contributed by atoms with Gasteiger partial charge in [0.05, 0.1) is 11.4 Å². The van der Waals surface area contributed by atoms with Gasteiger partial charge in [-0.2, -0.15) is 0 Å². The van der Waals surface area contributed by atoms with E-state index in [9.17, 15) is 0 Å². The molecule has 1 heterocycles. The standard InChI is InChI=1S/C17H22ClN3OS.HI/c1-19-17(21-12-10-14-7-8-16(18)23-14)20-11-9-13-5-3-4-6-15(13)22-2;/h3-8H,9-12H2,1-2H3,(H2,19,20,21);1H. The van der Waals surface area contributed by atoms with E-state index in [-0.39, 0.29) is 24.0 Å². The van der Waals surface area contributed by atoms with Gasteiger partial charge in [0.25, 0.3) is 0 Å². The molecule has 2 aromatic rings. The van der Waals surface area contributed by atoms with Crippen molar-refractivity contribution in [2.45, 2.75) is 12.8 Å². The molecule has 132 valence electrons. The molecule has 0 fully saturated rings. The van der Waals surface area contributed by atoms with Crippen LogP contribution in [-0.4, -0.2) is 33.2 Å². The molecular formula is C17H23ClIN3OS. The summed E-state index contributed by atoms with van der Waals surface area (Å²) < 4.78 is 6.19. The van der Waals surface area contributed by atoms with Gasteiger partial charge >= 0.3 is 0 Å². The zero-order valence-corrected chi connectivity index (χ0v) is 17.7. The van der Waals surface area contributed by atoms with Gasteiger partial charge in [-0.3, -0.25) is 4.99 Å². The molecule has 0 aliphatic rings. The highest BCUT2D eigenvalue weighted by Crippen LogP contribution is 2.21. The Bertz CT molecular complexity index is 648. The molecule has 0 saturated heterocycles. The molecule has 2 N–H and O–H groups in total. The Kier molecular flexibility index (Phi) is 10.1. The van der Waals surface area contributed by atoms with Crippen LogP contribution in [-0.2, 0) is 12.8 Å². The average molecular weight is 480 g/mol. The van der Waals surface area contributed by atoms with Crippen molar-refractivity contribution < 1.29 is 4.74 Å². The lowest BCUT2D eigenvalue weighted by Gasteiger charge is -2.12. The van der Waals surface area contributed by atoms with E-state index in [2.05, 4.69) is 27.8 Å². The van der Waals surface area contributed by atoms with Crippen molar-refractivity contribution in [3.8, 4) is 5.75 Å². The number of methoxy groups -OCH3 is 1. The van der Waals surface area contributed by atoms with Crippen molar-refractivity contribution in [2.24, 2.45) is 4.99 Å². The van der Waals surface area contributed by atoms with Crippen LogP contribution in [0.2, 0.25) is 4.34 Å². The number of rotatable bonds is 7. The number of hydrogen-bond donors (Lipinski definition) is 2.